The predicted molar refractivity (Wildman–Crippen MR) is 89.6 cm³/mol. The van der Waals surface area contributed by atoms with Gasteiger partial charge in [0.05, 0.1) is 11.2 Å². The molecule has 1 aromatic rings. The zero-order chi connectivity index (χ0) is 16.4. The molecule has 1 aliphatic heterocycles. The van der Waals surface area contributed by atoms with Crippen molar-refractivity contribution < 1.29 is 13.2 Å². The van der Waals surface area contributed by atoms with Crippen LogP contribution in [0.1, 0.15) is 37.7 Å². The normalized spacial score (nSPS) is 21.2. The molecule has 0 bridgehead atoms. The van der Waals surface area contributed by atoms with Gasteiger partial charge in [-0.05, 0) is 24.8 Å². The minimum absolute atomic E-state index is 0.113. The zero-order valence-electron chi connectivity index (χ0n) is 13.5. The molecule has 0 radical (unpaired) electrons. The van der Waals surface area contributed by atoms with E-state index in [4.69, 9.17) is 0 Å². The second-order valence-corrected chi connectivity index (χ2v) is 8.55. The standard InChI is InChI=1S/C17H24N2O3S/c1-2-16(14-6-4-3-5-7-14)17(20)18-10-12-19(13-11-18)23(21,22)15-8-9-15/h3-7,15-16H,2,8-13H2,1H3. The van der Waals surface area contributed by atoms with Crippen LogP contribution in [-0.2, 0) is 14.8 Å². The van der Waals surface area contributed by atoms with Crippen LogP contribution in [-0.4, -0.2) is 55.0 Å². The van der Waals surface area contributed by atoms with Crippen LogP contribution in [0, 0.1) is 0 Å². The van der Waals surface area contributed by atoms with Gasteiger partial charge >= 0.3 is 0 Å². The SMILES string of the molecule is CCC(C(=O)N1CCN(S(=O)(=O)C2CC2)CC1)c1ccccc1. The minimum Gasteiger partial charge on any atom is -0.340 e. The summed E-state index contributed by atoms with van der Waals surface area (Å²) in [5.74, 6) is -0.0232. The number of sulfonamides is 1. The molecule has 1 saturated carbocycles. The summed E-state index contributed by atoms with van der Waals surface area (Å²) < 4.78 is 26.1. The van der Waals surface area contributed by atoms with Crippen molar-refractivity contribution in [3.05, 3.63) is 35.9 Å². The van der Waals surface area contributed by atoms with Gasteiger partial charge in [0, 0.05) is 26.2 Å². The Morgan fingerprint density at radius 2 is 1.74 bits per heavy atom. The summed E-state index contributed by atoms with van der Waals surface area (Å²) in [5.41, 5.74) is 1.04. The van der Waals surface area contributed by atoms with Crippen molar-refractivity contribution in [3.8, 4) is 0 Å². The molecule has 0 spiro atoms. The second-order valence-electron chi connectivity index (χ2n) is 6.34. The third kappa shape index (κ3) is 3.43. The van der Waals surface area contributed by atoms with E-state index in [1.807, 2.05) is 42.2 Å². The summed E-state index contributed by atoms with van der Waals surface area (Å²) in [6.07, 6.45) is 2.32. The lowest BCUT2D eigenvalue weighted by atomic mass is 9.95. The smallest absolute Gasteiger partial charge is 0.230 e. The molecule has 1 aliphatic carbocycles. The summed E-state index contributed by atoms with van der Waals surface area (Å²) in [4.78, 5) is 14.6. The highest BCUT2D eigenvalue weighted by molar-refractivity contribution is 7.90. The fraction of sp³-hybridized carbons (Fsp3) is 0.588. The van der Waals surface area contributed by atoms with Crippen LogP contribution in [0.15, 0.2) is 30.3 Å². The van der Waals surface area contributed by atoms with Crippen LogP contribution < -0.4 is 0 Å². The van der Waals surface area contributed by atoms with Crippen LogP contribution >= 0.6 is 0 Å². The first-order valence-electron chi connectivity index (χ1n) is 8.36. The van der Waals surface area contributed by atoms with Gasteiger partial charge in [0.25, 0.3) is 0 Å². The van der Waals surface area contributed by atoms with E-state index in [0.717, 1.165) is 24.8 Å². The zero-order valence-corrected chi connectivity index (χ0v) is 14.3. The molecule has 1 heterocycles. The average Bonchev–Trinajstić information content (AvgIpc) is 3.42. The lowest BCUT2D eigenvalue weighted by Crippen LogP contribution is -2.52. The molecule has 126 valence electrons. The van der Waals surface area contributed by atoms with Gasteiger partial charge in [0.1, 0.15) is 0 Å². The van der Waals surface area contributed by atoms with Crippen molar-refractivity contribution in [1.82, 2.24) is 9.21 Å². The fourth-order valence-corrected chi connectivity index (χ4v) is 5.02. The van der Waals surface area contributed by atoms with Gasteiger partial charge < -0.3 is 4.90 Å². The number of hydrogen-bond donors (Lipinski definition) is 0. The summed E-state index contributed by atoms with van der Waals surface area (Å²) >= 11 is 0. The Kier molecular flexibility index (Phi) is 4.73. The Balaban J connectivity index is 1.63. The Bertz CT molecular complexity index is 648. The van der Waals surface area contributed by atoms with Crippen molar-refractivity contribution in [1.29, 1.82) is 0 Å². The first-order chi connectivity index (χ1) is 11.0. The molecule has 3 rings (SSSR count). The maximum Gasteiger partial charge on any atom is 0.230 e. The molecule has 0 N–H and O–H groups in total. The predicted octanol–water partition coefficient (Wildman–Crippen LogP) is 1.82. The van der Waals surface area contributed by atoms with Crippen molar-refractivity contribution in [2.45, 2.75) is 37.4 Å². The lowest BCUT2D eigenvalue weighted by molar-refractivity contribution is -0.134. The Hall–Kier alpha value is -1.40. The second kappa shape index (κ2) is 6.61. The molecule has 6 heteroatoms. The highest BCUT2D eigenvalue weighted by Gasteiger charge is 2.41. The molecule has 1 atom stereocenters. The van der Waals surface area contributed by atoms with E-state index in [1.54, 1.807) is 4.31 Å². The molecule has 1 saturated heterocycles. The van der Waals surface area contributed by atoms with E-state index in [1.165, 1.54) is 0 Å². The van der Waals surface area contributed by atoms with Gasteiger partial charge in [-0.1, -0.05) is 37.3 Å². The van der Waals surface area contributed by atoms with Crippen molar-refractivity contribution >= 4 is 15.9 Å². The molecule has 2 fully saturated rings. The molecule has 5 nitrogen and oxygen atoms in total. The highest BCUT2D eigenvalue weighted by Crippen LogP contribution is 2.31. The first kappa shape index (κ1) is 16.5. The summed E-state index contributed by atoms with van der Waals surface area (Å²) in [5, 5.41) is -0.169. The number of rotatable bonds is 5. The Labute approximate surface area is 138 Å². The van der Waals surface area contributed by atoms with Gasteiger partial charge in [-0.25, -0.2) is 8.42 Å². The molecular weight excluding hydrogens is 312 g/mol. The topological polar surface area (TPSA) is 57.7 Å². The van der Waals surface area contributed by atoms with Gasteiger partial charge in [0.2, 0.25) is 15.9 Å². The number of amides is 1. The van der Waals surface area contributed by atoms with E-state index in [9.17, 15) is 13.2 Å². The van der Waals surface area contributed by atoms with E-state index < -0.39 is 10.0 Å². The summed E-state index contributed by atoms with van der Waals surface area (Å²) in [7, 11) is -3.12. The van der Waals surface area contributed by atoms with E-state index >= 15 is 0 Å². The number of nitrogens with zero attached hydrogens (tertiary/aromatic N) is 2. The number of hydrogen-bond acceptors (Lipinski definition) is 3. The van der Waals surface area contributed by atoms with Crippen LogP contribution in [0.5, 0.6) is 0 Å². The summed E-state index contributed by atoms with van der Waals surface area (Å²) in [6, 6.07) is 9.82. The number of carbonyl (C=O) groups excluding carboxylic acids is 1. The molecular formula is C17H24N2O3S. The van der Waals surface area contributed by atoms with Gasteiger partial charge in [-0.15, -0.1) is 0 Å². The van der Waals surface area contributed by atoms with Gasteiger partial charge in [-0.3, -0.25) is 4.79 Å². The van der Waals surface area contributed by atoms with E-state index in [2.05, 4.69) is 0 Å². The molecule has 1 unspecified atom stereocenters. The number of piperazine rings is 1. The average molecular weight is 336 g/mol. The molecule has 23 heavy (non-hydrogen) atoms. The fourth-order valence-electron chi connectivity index (χ4n) is 3.20. The van der Waals surface area contributed by atoms with Crippen LogP contribution in [0.3, 0.4) is 0 Å². The molecule has 1 amide bonds. The van der Waals surface area contributed by atoms with Crippen molar-refractivity contribution in [2.24, 2.45) is 0 Å². The van der Waals surface area contributed by atoms with Crippen LogP contribution in [0.25, 0.3) is 0 Å². The van der Waals surface area contributed by atoms with Crippen LogP contribution in [0.4, 0.5) is 0 Å². The maximum atomic E-state index is 12.8. The number of benzene rings is 1. The summed E-state index contributed by atoms with van der Waals surface area (Å²) in [6.45, 7) is 3.86. The van der Waals surface area contributed by atoms with E-state index in [0.29, 0.717) is 26.2 Å². The van der Waals surface area contributed by atoms with Crippen LogP contribution in [0.2, 0.25) is 0 Å². The minimum atomic E-state index is -3.12. The highest BCUT2D eigenvalue weighted by atomic mass is 32.2. The molecule has 0 aromatic heterocycles. The largest absolute Gasteiger partial charge is 0.340 e. The monoisotopic (exact) mass is 336 g/mol. The Morgan fingerprint density at radius 3 is 2.26 bits per heavy atom. The third-order valence-corrected chi connectivity index (χ3v) is 7.16. The molecule has 1 aromatic carbocycles. The molecule has 2 aliphatic rings. The van der Waals surface area contributed by atoms with Crippen molar-refractivity contribution in [3.63, 3.8) is 0 Å². The first-order valence-corrected chi connectivity index (χ1v) is 9.87. The third-order valence-electron chi connectivity index (χ3n) is 4.76. The van der Waals surface area contributed by atoms with E-state index in [-0.39, 0.29) is 17.1 Å². The van der Waals surface area contributed by atoms with Gasteiger partial charge in [-0.2, -0.15) is 4.31 Å². The van der Waals surface area contributed by atoms with Crippen molar-refractivity contribution in [2.75, 3.05) is 26.2 Å². The Morgan fingerprint density at radius 1 is 1.13 bits per heavy atom. The number of carbonyl (C=O) groups is 1. The quantitative estimate of drug-likeness (QED) is 0.824. The lowest BCUT2D eigenvalue weighted by Gasteiger charge is -2.35. The maximum absolute atomic E-state index is 12.8. The van der Waals surface area contributed by atoms with Gasteiger partial charge in [0.15, 0.2) is 0 Å².